The lowest BCUT2D eigenvalue weighted by molar-refractivity contribution is 0.0773. The van der Waals surface area contributed by atoms with Gasteiger partial charge < -0.3 is 0 Å². The van der Waals surface area contributed by atoms with Crippen LogP contribution in [0.5, 0.6) is 0 Å². The molecule has 3 heteroatoms. The van der Waals surface area contributed by atoms with Crippen LogP contribution in [0.4, 0.5) is 8.78 Å². The van der Waals surface area contributed by atoms with E-state index in [1.807, 2.05) is 0 Å². The van der Waals surface area contributed by atoms with E-state index < -0.39 is 5.92 Å². The smallest absolute Gasteiger partial charge is 0.200 e. The Morgan fingerprint density at radius 2 is 1.85 bits per heavy atom. The lowest BCUT2D eigenvalue weighted by atomic mass is 10.1. The normalized spacial score (nSPS) is 11.3. The van der Waals surface area contributed by atoms with Gasteiger partial charge in [-0.05, 0) is 5.56 Å². The number of benzene rings is 1. The van der Waals surface area contributed by atoms with E-state index in [1.165, 1.54) is 6.92 Å². The van der Waals surface area contributed by atoms with Crippen molar-refractivity contribution in [3.8, 4) is 0 Å². The molecule has 70 valence electrons. The predicted molar refractivity (Wildman–Crippen MR) is 53.4 cm³/mol. The average molecular weight is 200 g/mol. The summed E-state index contributed by atoms with van der Waals surface area (Å²) in [5, 5.41) is 0. The summed E-state index contributed by atoms with van der Waals surface area (Å²) in [6, 6.07) is 8.38. The third-order valence-electron chi connectivity index (χ3n) is 1.81. The van der Waals surface area contributed by atoms with Crippen molar-refractivity contribution in [3.05, 3.63) is 35.9 Å². The molecule has 0 aliphatic rings. The molecule has 0 aliphatic carbocycles. The van der Waals surface area contributed by atoms with Gasteiger partial charge in [-0.1, -0.05) is 49.5 Å². The molecule has 0 bridgehead atoms. The molecule has 0 saturated carbocycles. The summed E-state index contributed by atoms with van der Waals surface area (Å²) in [6.07, 6.45) is -0.249. The molecule has 0 radical (unpaired) electrons. The second-order valence-corrected chi connectivity index (χ2v) is 3.16. The Labute approximate surface area is 81.6 Å². The van der Waals surface area contributed by atoms with Gasteiger partial charge in [-0.3, -0.25) is 0 Å². The van der Waals surface area contributed by atoms with E-state index in [1.54, 1.807) is 30.3 Å². The van der Waals surface area contributed by atoms with E-state index >= 15 is 0 Å². The Kier molecular flexibility index (Phi) is 3.09. The fourth-order valence-electron chi connectivity index (χ4n) is 0.961. The van der Waals surface area contributed by atoms with Gasteiger partial charge in [0, 0.05) is 6.42 Å². The summed E-state index contributed by atoms with van der Waals surface area (Å²) in [7, 11) is 0. The molecule has 13 heavy (non-hydrogen) atoms. The Hall–Kier alpha value is -0.830. The zero-order chi connectivity index (χ0) is 9.90. The third-order valence-corrected chi connectivity index (χ3v) is 2.35. The zero-order valence-electron chi connectivity index (χ0n) is 7.26. The van der Waals surface area contributed by atoms with Gasteiger partial charge >= 0.3 is 0 Å². The van der Waals surface area contributed by atoms with E-state index in [0.29, 0.717) is 5.56 Å². The van der Waals surface area contributed by atoms with Crippen molar-refractivity contribution in [2.75, 3.05) is 0 Å². The summed E-state index contributed by atoms with van der Waals surface area (Å²) < 4.78 is 26.2. The van der Waals surface area contributed by atoms with E-state index in [2.05, 4.69) is 0 Å². The van der Waals surface area contributed by atoms with Gasteiger partial charge in [-0.15, -0.1) is 0 Å². The van der Waals surface area contributed by atoms with E-state index in [9.17, 15) is 8.78 Å². The molecule has 0 N–H and O–H groups in total. The molecular weight excluding hydrogens is 190 g/mol. The van der Waals surface area contributed by atoms with E-state index in [4.69, 9.17) is 12.2 Å². The molecule has 0 aromatic heterocycles. The van der Waals surface area contributed by atoms with Gasteiger partial charge in [0.25, 0.3) is 5.92 Å². The highest BCUT2D eigenvalue weighted by molar-refractivity contribution is 7.81. The Bertz CT molecular complexity index is 293. The molecule has 1 rings (SSSR count). The van der Waals surface area contributed by atoms with Crippen LogP contribution in [0.3, 0.4) is 0 Å². The second-order valence-electron chi connectivity index (χ2n) is 2.75. The summed E-state index contributed by atoms with van der Waals surface area (Å²) in [6.45, 7) is 1.43. The summed E-state index contributed by atoms with van der Waals surface area (Å²) in [5.41, 5.74) is 0.435. The highest BCUT2D eigenvalue weighted by Gasteiger charge is 2.32. The van der Waals surface area contributed by atoms with Gasteiger partial charge in [0.05, 0.1) is 4.86 Å². The van der Waals surface area contributed by atoms with Crippen molar-refractivity contribution in [2.24, 2.45) is 0 Å². The monoisotopic (exact) mass is 200 g/mol. The molecule has 0 atom stereocenters. The number of hydrogen-bond donors (Lipinski definition) is 0. The zero-order valence-corrected chi connectivity index (χ0v) is 8.07. The van der Waals surface area contributed by atoms with Crippen LogP contribution in [0.25, 0.3) is 0 Å². The molecular formula is C10H10F2S. The summed E-state index contributed by atoms with van der Waals surface area (Å²) in [5.74, 6) is -2.86. The SMILES string of the molecule is CCC(F)(F)C(=S)c1ccccc1. The van der Waals surface area contributed by atoms with Crippen LogP contribution >= 0.6 is 12.2 Å². The first-order valence-corrected chi connectivity index (χ1v) is 4.46. The minimum Gasteiger partial charge on any atom is -0.200 e. The predicted octanol–water partition coefficient (Wildman–Crippen LogP) is 3.45. The first-order chi connectivity index (χ1) is 6.08. The third kappa shape index (κ3) is 2.31. The number of hydrogen-bond acceptors (Lipinski definition) is 1. The van der Waals surface area contributed by atoms with Crippen LogP contribution in [0, 0.1) is 0 Å². The van der Waals surface area contributed by atoms with Crippen molar-refractivity contribution >= 4 is 17.1 Å². The maximum absolute atomic E-state index is 13.1. The standard InChI is InChI=1S/C10H10F2S/c1-2-10(11,12)9(13)8-6-4-3-5-7-8/h3-7H,2H2,1H3. The van der Waals surface area contributed by atoms with Crippen molar-refractivity contribution in [3.63, 3.8) is 0 Å². The van der Waals surface area contributed by atoms with Crippen molar-refractivity contribution in [1.82, 2.24) is 0 Å². The van der Waals surface area contributed by atoms with Crippen LogP contribution in [-0.2, 0) is 0 Å². The van der Waals surface area contributed by atoms with Crippen LogP contribution < -0.4 is 0 Å². The highest BCUT2D eigenvalue weighted by Crippen LogP contribution is 2.24. The van der Waals surface area contributed by atoms with E-state index in [0.717, 1.165) is 0 Å². The molecule has 0 unspecified atom stereocenters. The summed E-state index contributed by atoms with van der Waals surface area (Å²) in [4.78, 5) is -0.268. The maximum Gasteiger partial charge on any atom is 0.283 e. The van der Waals surface area contributed by atoms with Crippen LogP contribution in [0.15, 0.2) is 30.3 Å². The first kappa shape index (κ1) is 10.3. The van der Waals surface area contributed by atoms with Crippen LogP contribution in [0.2, 0.25) is 0 Å². The van der Waals surface area contributed by atoms with Crippen molar-refractivity contribution in [2.45, 2.75) is 19.3 Å². The lowest BCUT2D eigenvalue weighted by Gasteiger charge is -2.14. The minimum absolute atomic E-state index is 0.249. The molecule has 0 amide bonds. The van der Waals surface area contributed by atoms with Gasteiger partial charge in [0.15, 0.2) is 0 Å². The van der Waals surface area contributed by atoms with Gasteiger partial charge in [-0.25, -0.2) is 8.78 Å². The molecule has 0 heterocycles. The quantitative estimate of drug-likeness (QED) is 0.532. The van der Waals surface area contributed by atoms with Crippen LogP contribution in [0.1, 0.15) is 18.9 Å². The van der Waals surface area contributed by atoms with E-state index in [-0.39, 0.29) is 11.3 Å². The number of rotatable bonds is 3. The second kappa shape index (κ2) is 3.92. The number of thiocarbonyl (C=S) groups is 1. The highest BCUT2D eigenvalue weighted by atomic mass is 32.1. The number of halogens is 2. The molecule has 0 fully saturated rings. The Morgan fingerprint density at radius 3 is 2.31 bits per heavy atom. The van der Waals surface area contributed by atoms with Gasteiger partial charge in [-0.2, -0.15) is 0 Å². The van der Waals surface area contributed by atoms with Gasteiger partial charge in [0.1, 0.15) is 0 Å². The van der Waals surface area contributed by atoms with Crippen molar-refractivity contribution < 1.29 is 8.78 Å². The molecule has 0 aliphatic heterocycles. The Morgan fingerprint density at radius 1 is 1.31 bits per heavy atom. The molecule has 1 aromatic carbocycles. The Balaban J connectivity index is 2.93. The van der Waals surface area contributed by atoms with Crippen LogP contribution in [-0.4, -0.2) is 10.8 Å². The number of alkyl halides is 2. The average Bonchev–Trinajstić information content (AvgIpc) is 2.18. The molecule has 0 nitrogen and oxygen atoms in total. The lowest BCUT2D eigenvalue weighted by Crippen LogP contribution is -2.26. The molecule has 0 saturated heterocycles. The fraction of sp³-hybridized carbons (Fsp3) is 0.300. The largest absolute Gasteiger partial charge is 0.283 e. The van der Waals surface area contributed by atoms with Gasteiger partial charge in [0.2, 0.25) is 0 Å². The first-order valence-electron chi connectivity index (χ1n) is 4.05. The fourth-order valence-corrected chi connectivity index (χ4v) is 1.24. The molecule has 0 spiro atoms. The molecule has 1 aromatic rings. The van der Waals surface area contributed by atoms with Crippen molar-refractivity contribution in [1.29, 1.82) is 0 Å². The maximum atomic E-state index is 13.1. The summed E-state index contributed by atoms with van der Waals surface area (Å²) >= 11 is 4.71. The minimum atomic E-state index is -2.86. The topological polar surface area (TPSA) is 0 Å².